The van der Waals surface area contributed by atoms with Crippen LogP contribution in [0.15, 0.2) is 48.5 Å². The first-order valence-corrected chi connectivity index (χ1v) is 7.85. The molecular weight excluding hydrogens is 336 g/mol. The summed E-state index contributed by atoms with van der Waals surface area (Å²) in [4.78, 5) is 37.6. The Bertz CT molecular complexity index is 802. The van der Waals surface area contributed by atoms with Gasteiger partial charge in [-0.3, -0.25) is 9.59 Å². The molecule has 0 bridgehead atoms. The van der Waals surface area contributed by atoms with Crippen molar-refractivity contribution in [2.45, 2.75) is 6.92 Å². The van der Waals surface area contributed by atoms with Crippen molar-refractivity contribution in [1.29, 1.82) is 0 Å². The lowest BCUT2D eigenvalue weighted by Gasteiger charge is -2.22. The summed E-state index contributed by atoms with van der Waals surface area (Å²) >= 11 is 0. The molecule has 0 saturated carbocycles. The van der Waals surface area contributed by atoms with E-state index in [4.69, 9.17) is 9.47 Å². The van der Waals surface area contributed by atoms with Crippen molar-refractivity contribution in [3.05, 3.63) is 54.1 Å². The van der Waals surface area contributed by atoms with E-state index in [-0.39, 0.29) is 18.0 Å². The molecule has 0 aliphatic heterocycles. The fourth-order valence-electron chi connectivity index (χ4n) is 2.38. The second-order valence-electron chi connectivity index (χ2n) is 5.39. The Kier molecular flexibility index (Phi) is 6.32. The molecule has 0 fully saturated rings. The van der Waals surface area contributed by atoms with Crippen molar-refractivity contribution in [2.24, 2.45) is 0 Å². The average molecular weight is 356 g/mol. The topological polar surface area (TPSA) is 84.9 Å². The molecule has 0 aliphatic carbocycles. The first-order valence-electron chi connectivity index (χ1n) is 7.85. The van der Waals surface area contributed by atoms with Crippen molar-refractivity contribution in [3.8, 4) is 5.75 Å². The van der Waals surface area contributed by atoms with Gasteiger partial charge in [-0.05, 0) is 36.4 Å². The number of anilines is 2. The lowest BCUT2D eigenvalue weighted by atomic mass is 10.1. The molecule has 7 nitrogen and oxygen atoms in total. The number of rotatable bonds is 6. The molecule has 0 aliphatic rings. The smallest absolute Gasteiger partial charge is 0.339 e. The van der Waals surface area contributed by atoms with Crippen LogP contribution in [0, 0.1) is 0 Å². The summed E-state index contributed by atoms with van der Waals surface area (Å²) in [6.07, 6.45) is 0. The molecule has 2 amide bonds. The van der Waals surface area contributed by atoms with Gasteiger partial charge < -0.3 is 19.7 Å². The molecule has 0 heterocycles. The average Bonchev–Trinajstić information content (AvgIpc) is 2.66. The van der Waals surface area contributed by atoms with Crippen LogP contribution in [0.4, 0.5) is 11.4 Å². The van der Waals surface area contributed by atoms with Crippen LogP contribution in [-0.2, 0) is 14.3 Å². The van der Waals surface area contributed by atoms with Gasteiger partial charge in [-0.25, -0.2) is 4.79 Å². The molecule has 2 rings (SSSR count). The quantitative estimate of drug-likeness (QED) is 0.804. The Morgan fingerprint density at radius 1 is 1.00 bits per heavy atom. The number of hydrogen-bond acceptors (Lipinski definition) is 5. The van der Waals surface area contributed by atoms with Gasteiger partial charge in [0.1, 0.15) is 12.3 Å². The highest BCUT2D eigenvalue weighted by Gasteiger charge is 2.22. The van der Waals surface area contributed by atoms with Gasteiger partial charge in [0.25, 0.3) is 0 Å². The molecule has 0 aromatic heterocycles. The number of esters is 1. The summed E-state index contributed by atoms with van der Waals surface area (Å²) in [7, 11) is 2.81. The van der Waals surface area contributed by atoms with E-state index in [2.05, 4.69) is 5.32 Å². The van der Waals surface area contributed by atoms with Gasteiger partial charge in [0.15, 0.2) is 0 Å². The van der Waals surface area contributed by atoms with Crippen molar-refractivity contribution >= 4 is 29.2 Å². The number of nitrogens with zero attached hydrogens (tertiary/aromatic N) is 1. The van der Waals surface area contributed by atoms with Gasteiger partial charge in [-0.1, -0.05) is 12.1 Å². The molecule has 2 aromatic carbocycles. The molecule has 1 N–H and O–H groups in total. The Balaban J connectivity index is 2.19. The SMILES string of the molecule is COC(=O)c1ccccc1N(CC(=O)Nc1ccc(OC)cc1)C(C)=O. The number of methoxy groups -OCH3 is 2. The highest BCUT2D eigenvalue weighted by atomic mass is 16.5. The molecule has 0 radical (unpaired) electrons. The van der Waals surface area contributed by atoms with Crippen LogP contribution in [0.5, 0.6) is 5.75 Å². The van der Waals surface area contributed by atoms with E-state index in [1.54, 1.807) is 55.6 Å². The molecule has 26 heavy (non-hydrogen) atoms. The zero-order valence-corrected chi connectivity index (χ0v) is 14.8. The lowest BCUT2D eigenvalue weighted by molar-refractivity contribution is -0.120. The van der Waals surface area contributed by atoms with Crippen molar-refractivity contribution < 1.29 is 23.9 Å². The maximum atomic E-state index is 12.4. The maximum Gasteiger partial charge on any atom is 0.339 e. The van der Waals surface area contributed by atoms with E-state index in [9.17, 15) is 14.4 Å². The number of carbonyl (C=O) groups excluding carboxylic acids is 3. The predicted molar refractivity (Wildman–Crippen MR) is 97.4 cm³/mol. The van der Waals surface area contributed by atoms with E-state index in [0.717, 1.165) is 0 Å². The summed E-state index contributed by atoms with van der Waals surface area (Å²) in [5.74, 6) is -0.681. The molecule has 136 valence electrons. The van der Waals surface area contributed by atoms with Crippen LogP contribution < -0.4 is 15.0 Å². The number of ether oxygens (including phenoxy) is 2. The Morgan fingerprint density at radius 2 is 1.65 bits per heavy atom. The normalized spacial score (nSPS) is 9.96. The Morgan fingerprint density at radius 3 is 2.23 bits per heavy atom. The Labute approximate surface area is 151 Å². The fourth-order valence-corrected chi connectivity index (χ4v) is 2.38. The van der Waals surface area contributed by atoms with E-state index < -0.39 is 11.9 Å². The highest BCUT2D eigenvalue weighted by Crippen LogP contribution is 2.22. The first-order chi connectivity index (χ1) is 12.5. The third-order valence-corrected chi connectivity index (χ3v) is 3.66. The van der Waals surface area contributed by atoms with Gasteiger partial charge in [0, 0.05) is 12.6 Å². The van der Waals surface area contributed by atoms with Crippen LogP contribution in [0.2, 0.25) is 0 Å². The minimum absolute atomic E-state index is 0.211. The predicted octanol–water partition coefficient (Wildman–Crippen LogP) is 2.47. The zero-order chi connectivity index (χ0) is 19.1. The second kappa shape index (κ2) is 8.66. The number of hydrogen-bond donors (Lipinski definition) is 1. The van der Waals surface area contributed by atoms with E-state index in [1.807, 2.05) is 0 Å². The van der Waals surface area contributed by atoms with Crippen molar-refractivity contribution in [1.82, 2.24) is 0 Å². The van der Waals surface area contributed by atoms with Gasteiger partial charge in [0.05, 0.1) is 25.5 Å². The van der Waals surface area contributed by atoms with E-state index >= 15 is 0 Å². The van der Waals surface area contributed by atoms with E-state index in [0.29, 0.717) is 17.1 Å². The van der Waals surface area contributed by atoms with Crippen LogP contribution >= 0.6 is 0 Å². The number of benzene rings is 2. The molecule has 0 saturated heterocycles. The molecule has 0 atom stereocenters. The van der Waals surface area contributed by atoms with Crippen LogP contribution in [0.25, 0.3) is 0 Å². The number of nitrogens with one attached hydrogen (secondary N) is 1. The molecule has 2 aromatic rings. The van der Waals surface area contributed by atoms with Gasteiger partial charge in [0.2, 0.25) is 11.8 Å². The number of carbonyl (C=O) groups is 3. The van der Waals surface area contributed by atoms with Gasteiger partial charge in [-0.2, -0.15) is 0 Å². The number of para-hydroxylation sites is 1. The largest absolute Gasteiger partial charge is 0.497 e. The summed E-state index contributed by atoms with van der Waals surface area (Å²) in [5, 5.41) is 2.71. The maximum absolute atomic E-state index is 12.4. The zero-order valence-electron chi connectivity index (χ0n) is 14.8. The summed E-state index contributed by atoms with van der Waals surface area (Å²) < 4.78 is 9.80. The van der Waals surface area contributed by atoms with Crippen LogP contribution in [-0.4, -0.2) is 38.5 Å². The van der Waals surface area contributed by atoms with Crippen molar-refractivity contribution in [3.63, 3.8) is 0 Å². The molecular formula is C19H20N2O5. The highest BCUT2D eigenvalue weighted by molar-refractivity contribution is 6.06. The van der Waals surface area contributed by atoms with Crippen molar-refractivity contribution in [2.75, 3.05) is 31.0 Å². The standard InChI is InChI=1S/C19H20N2O5/c1-13(22)21(17-7-5-4-6-16(17)19(24)26-3)12-18(23)20-14-8-10-15(25-2)11-9-14/h4-11H,12H2,1-3H3,(H,20,23). The summed E-state index contributed by atoms with van der Waals surface area (Å²) in [6.45, 7) is 1.09. The fraction of sp³-hybridized carbons (Fsp3) is 0.211. The molecule has 0 spiro atoms. The minimum Gasteiger partial charge on any atom is -0.497 e. The monoisotopic (exact) mass is 356 g/mol. The van der Waals surface area contributed by atoms with Gasteiger partial charge >= 0.3 is 5.97 Å². The minimum atomic E-state index is -0.581. The lowest BCUT2D eigenvalue weighted by Crippen LogP contribution is -2.37. The summed E-state index contributed by atoms with van der Waals surface area (Å²) in [6, 6.07) is 13.3. The first kappa shape index (κ1) is 19.0. The van der Waals surface area contributed by atoms with Crippen LogP contribution in [0.3, 0.4) is 0 Å². The van der Waals surface area contributed by atoms with E-state index in [1.165, 1.54) is 18.9 Å². The van der Waals surface area contributed by atoms with Gasteiger partial charge in [-0.15, -0.1) is 0 Å². The Hall–Kier alpha value is -3.35. The molecule has 0 unspecified atom stereocenters. The molecule has 7 heteroatoms. The third kappa shape index (κ3) is 4.60. The second-order valence-corrected chi connectivity index (χ2v) is 5.39. The summed E-state index contributed by atoms with van der Waals surface area (Å²) in [5.41, 5.74) is 1.10. The van der Waals surface area contributed by atoms with Crippen LogP contribution in [0.1, 0.15) is 17.3 Å². The number of amides is 2. The third-order valence-electron chi connectivity index (χ3n) is 3.66.